The van der Waals surface area contributed by atoms with Crippen molar-refractivity contribution in [2.45, 2.75) is 59.0 Å². The molecule has 0 aromatic heterocycles. The van der Waals surface area contributed by atoms with Crippen molar-refractivity contribution in [2.75, 3.05) is 26.3 Å². The molecule has 148 valence electrons. The van der Waals surface area contributed by atoms with Gasteiger partial charge in [-0.05, 0) is 57.6 Å². The van der Waals surface area contributed by atoms with Crippen LogP contribution in [0.4, 0.5) is 0 Å². The highest BCUT2D eigenvalue weighted by Crippen LogP contribution is 2.21. The molecular weight excluding hydrogens is 332 g/mol. The van der Waals surface area contributed by atoms with Crippen LogP contribution in [0.2, 0.25) is 0 Å². The fourth-order valence-corrected chi connectivity index (χ4v) is 2.40. The smallest absolute Gasteiger partial charge is 0.257 e. The highest BCUT2D eigenvalue weighted by atomic mass is 16.5. The molecular formula is C20H34N2O4. The third kappa shape index (κ3) is 8.63. The molecule has 1 rings (SSSR count). The van der Waals surface area contributed by atoms with Gasteiger partial charge in [0.25, 0.3) is 5.91 Å². The van der Waals surface area contributed by atoms with E-state index < -0.39 is 0 Å². The fourth-order valence-electron chi connectivity index (χ4n) is 2.40. The molecule has 0 aromatic carbocycles. The van der Waals surface area contributed by atoms with Crippen molar-refractivity contribution in [2.24, 2.45) is 11.1 Å². The van der Waals surface area contributed by atoms with Crippen LogP contribution in [-0.2, 0) is 19.1 Å². The summed E-state index contributed by atoms with van der Waals surface area (Å²) in [5, 5.41) is 2.83. The van der Waals surface area contributed by atoms with Gasteiger partial charge in [-0.15, -0.1) is 0 Å². The first-order valence-corrected chi connectivity index (χ1v) is 9.28. The Bertz CT molecular complexity index is 536. The Morgan fingerprint density at radius 3 is 2.58 bits per heavy atom. The molecule has 6 heteroatoms. The van der Waals surface area contributed by atoms with E-state index >= 15 is 0 Å². The molecule has 1 aliphatic carbocycles. The minimum absolute atomic E-state index is 0.0737. The first-order chi connectivity index (χ1) is 12.2. The molecule has 0 saturated heterocycles. The Kier molecular flexibility index (Phi) is 9.02. The number of hydrogen-bond acceptors (Lipinski definition) is 5. The van der Waals surface area contributed by atoms with Crippen LogP contribution in [0.25, 0.3) is 0 Å². The van der Waals surface area contributed by atoms with E-state index in [1.807, 2.05) is 26.0 Å². The molecule has 0 atom stereocenters. The number of nitrogens with one attached hydrogen (secondary N) is 1. The van der Waals surface area contributed by atoms with E-state index in [2.05, 4.69) is 19.2 Å². The maximum atomic E-state index is 11.9. The van der Waals surface area contributed by atoms with E-state index in [1.54, 1.807) is 0 Å². The molecule has 0 spiro atoms. The van der Waals surface area contributed by atoms with Gasteiger partial charge < -0.3 is 20.5 Å². The number of carbonyl (C=O) groups is 2. The molecule has 0 radical (unpaired) electrons. The van der Waals surface area contributed by atoms with Crippen LogP contribution in [0.15, 0.2) is 23.5 Å². The third-order valence-corrected chi connectivity index (χ3v) is 4.50. The molecule has 0 saturated carbocycles. The minimum Gasteiger partial charge on any atom is -0.483 e. The number of hydrogen-bond donors (Lipinski definition) is 2. The second kappa shape index (κ2) is 10.5. The van der Waals surface area contributed by atoms with Gasteiger partial charge >= 0.3 is 0 Å². The molecule has 0 unspecified atom stereocenters. The summed E-state index contributed by atoms with van der Waals surface area (Å²) in [6.45, 7) is 9.95. The molecule has 3 N–H and O–H groups in total. The van der Waals surface area contributed by atoms with E-state index in [1.165, 1.54) is 0 Å². The van der Waals surface area contributed by atoms with Crippen LogP contribution in [0.1, 0.15) is 53.4 Å². The van der Waals surface area contributed by atoms with Gasteiger partial charge in [-0.25, -0.2) is 0 Å². The van der Waals surface area contributed by atoms with Gasteiger partial charge in [0.15, 0.2) is 12.9 Å². The summed E-state index contributed by atoms with van der Waals surface area (Å²) in [6.07, 6.45) is 7.67. The summed E-state index contributed by atoms with van der Waals surface area (Å²) in [6, 6.07) is 0. The predicted octanol–water partition coefficient (Wildman–Crippen LogP) is 2.48. The van der Waals surface area contributed by atoms with Crippen LogP contribution in [0, 0.1) is 5.41 Å². The Morgan fingerprint density at radius 1 is 1.23 bits per heavy atom. The average Bonchev–Trinajstić information content (AvgIpc) is 2.59. The molecule has 26 heavy (non-hydrogen) atoms. The zero-order valence-corrected chi connectivity index (χ0v) is 16.6. The highest BCUT2D eigenvalue weighted by molar-refractivity contribution is 5.80. The molecule has 0 aliphatic heterocycles. The number of ether oxygens (including phenoxy) is 2. The lowest BCUT2D eigenvalue weighted by atomic mass is 9.90. The first-order valence-electron chi connectivity index (χ1n) is 9.28. The SMILES string of the molecule is CC(C)(CN)CCOC(C)(C)CCNC(=O)COC1=CCCC=C1C=O. The zero-order valence-electron chi connectivity index (χ0n) is 16.6. The quantitative estimate of drug-likeness (QED) is 0.518. The van der Waals surface area contributed by atoms with Crippen LogP contribution in [0.3, 0.4) is 0 Å². The number of nitrogens with two attached hydrogens (primary N) is 1. The number of amides is 1. The summed E-state index contributed by atoms with van der Waals surface area (Å²) in [5.74, 6) is 0.286. The van der Waals surface area contributed by atoms with Crippen molar-refractivity contribution in [3.8, 4) is 0 Å². The Morgan fingerprint density at radius 2 is 1.92 bits per heavy atom. The predicted molar refractivity (Wildman–Crippen MR) is 103 cm³/mol. The summed E-state index contributed by atoms with van der Waals surface area (Å²) >= 11 is 0. The summed E-state index contributed by atoms with van der Waals surface area (Å²) in [4.78, 5) is 22.9. The van der Waals surface area contributed by atoms with Gasteiger partial charge in [-0.1, -0.05) is 19.9 Å². The van der Waals surface area contributed by atoms with Crippen LogP contribution >= 0.6 is 0 Å². The monoisotopic (exact) mass is 366 g/mol. The van der Waals surface area contributed by atoms with Crippen molar-refractivity contribution >= 4 is 12.2 Å². The largest absolute Gasteiger partial charge is 0.483 e. The molecule has 0 bridgehead atoms. The first kappa shape index (κ1) is 22.4. The summed E-state index contributed by atoms with van der Waals surface area (Å²) in [5.41, 5.74) is 5.99. The summed E-state index contributed by atoms with van der Waals surface area (Å²) in [7, 11) is 0. The number of aldehydes is 1. The topological polar surface area (TPSA) is 90.7 Å². The second-order valence-electron chi connectivity index (χ2n) is 8.04. The lowest BCUT2D eigenvalue weighted by Gasteiger charge is -2.29. The standard InChI is InChI=1S/C20H34N2O4/c1-19(2,15-21)10-12-26-20(3,4)9-11-22-18(24)14-25-17-8-6-5-7-16(17)13-23/h7-8,13H,5-6,9-12,14-15,21H2,1-4H3,(H,22,24). The Labute approximate surface area is 157 Å². The minimum atomic E-state index is -0.321. The molecule has 0 fully saturated rings. The number of allylic oxidation sites excluding steroid dienone is 3. The number of rotatable bonds is 12. The van der Waals surface area contributed by atoms with Crippen molar-refractivity contribution < 1.29 is 19.1 Å². The highest BCUT2D eigenvalue weighted by Gasteiger charge is 2.21. The van der Waals surface area contributed by atoms with Crippen molar-refractivity contribution in [1.29, 1.82) is 0 Å². The fraction of sp³-hybridized carbons (Fsp3) is 0.700. The second-order valence-corrected chi connectivity index (χ2v) is 8.04. The van der Waals surface area contributed by atoms with Gasteiger partial charge in [0.05, 0.1) is 11.2 Å². The van der Waals surface area contributed by atoms with E-state index in [-0.39, 0.29) is 23.5 Å². The lowest BCUT2D eigenvalue weighted by Crippen LogP contribution is -2.35. The van der Waals surface area contributed by atoms with E-state index in [9.17, 15) is 9.59 Å². The average molecular weight is 367 g/mol. The lowest BCUT2D eigenvalue weighted by molar-refractivity contribution is -0.124. The maximum absolute atomic E-state index is 11.9. The molecule has 6 nitrogen and oxygen atoms in total. The van der Waals surface area contributed by atoms with Crippen LogP contribution in [-0.4, -0.2) is 44.1 Å². The van der Waals surface area contributed by atoms with Gasteiger partial charge in [0, 0.05) is 13.2 Å². The van der Waals surface area contributed by atoms with Crippen LogP contribution < -0.4 is 11.1 Å². The molecule has 1 aliphatic rings. The third-order valence-electron chi connectivity index (χ3n) is 4.50. The van der Waals surface area contributed by atoms with Crippen LogP contribution in [0.5, 0.6) is 0 Å². The molecule has 0 aromatic rings. The van der Waals surface area contributed by atoms with Crippen molar-refractivity contribution in [3.05, 3.63) is 23.5 Å². The van der Waals surface area contributed by atoms with Gasteiger partial charge in [0.1, 0.15) is 5.76 Å². The maximum Gasteiger partial charge on any atom is 0.257 e. The van der Waals surface area contributed by atoms with Gasteiger partial charge in [-0.3, -0.25) is 9.59 Å². The van der Waals surface area contributed by atoms with E-state index in [0.29, 0.717) is 37.4 Å². The molecule has 1 amide bonds. The molecule has 0 heterocycles. The van der Waals surface area contributed by atoms with E-state index in [0.717, 1.165) is 25.5 Å². The van der Waals surface area contributed by atoms with Gasteiger partial charge in [0.2, 0.25) is 0 Å². The van der Waals surface area contributed by atoms with Gasteiger partial charge in [-0.2, -0.15) is 0 Å². The zero-order chi connectivity index (χ0) is 19.6. The Balaban J connectivity index is 2.24. The van der Waals surface area contributed by atoms with E-state index in [4.69, 9.17) is 15.2 Å². The van der Waals surface area contributed by atoms with Crippen molar-refractivity contribution in [1.82, 2.24) is 5.32 Å². The Hall–Kier alpha value is -1.66. The number of carbonyl (C=O) groups excluding carboxylic acids is 2. The normalized spacial score (nSPS) is 15.1. The summed E-state index contributed by atoms with van der Waals surface area (Å²) < 4.78 is 11.4. The van der Waals surface area contributed by atoms with Crippen molar-refractivity contribution in [3.63, 3.8) is 0 Å².